The molecular weight excluding hydrogens is 584 g/mol. The van der Waals surface area contributed by atoms with Gasteiger partial charge in [-0.2, -0.15) is 5.10 Å². The van der Waals surface area contributed by atoms with Crippen molar-refractivity contribution in [2.24, 2.45) is 0 Å². The lowest BCUT2D eigenvalue weighted by atomic mass is 9.94. The van der Waals surface area contributed by atoms with E-state index in [0.29, 0.717) is 21.9 Å². The summed E-state index contributed by atoms with van der Waals surface area (Å²) in [7, 11) is 3.23. The number of rotatable bonds is 10. The Bertz CT molecular complexity index is 1770. The number of methoxy groups -OCH3 is 2. The molecule has 8 nitrogen and oxygen atoms in total. The van der Waals surface area contributed by atoms with Gasteiger partial charge < -0.3 is 19.7 Å². The third-order valence-electron chi connectivity index (χ3n) is 8.49. The molecule has 45 heavy (non-hydrogen) atoms. The summed E-state index contributed by atoms with van der Waals surface area (Å²) in [5, 5.41) is 8.97. The molecule has 2 heterocycles. The summed E-state index contributed by atoms with van der Waals surface area (Å²) in [6.45, 7) is 2.13. The number of thiophene rings is 1. The average molecular weight is 623 g/mol. The number of amides is 2. The quantitative estimate of drug-likeness (QED) is 0.177. The van der Waals surface area contributed by atoms with Gasteiger partial charge in [0.1, 0.15) is 22.4 Å². The van der Waals surface area contributed by atoms with Crippen LogP contribution in [-0.4, -0.2) is 46.8 Å². The molecule has 0 unspecified atom stereocenters. The van der Waals surface area contributed by atoms with E-state index in [2.05, 4.69) is 5.32 Å². The molecule has 0 bridgehead atoms. The van der Waals surface area contributed by atoms with Crippen LogP contribution in [-0.2, 0) is 11.3 Å². The summed E-state index contributed by atoms with van der Waals surface area (Å²) in [5.41, 5.74) is 3.28. The first-order chi connectivity index (χ1) is 22.0. The van der Waals surface area contributed by atoms with E-state index in [9.17, 15) is 9.59 Å². The molecule has 3 aromatic carbocycles. The molecule has 0 aliphatic heterocycles. The highest BCUT2D eigenvalue weighted by Crippen LogP contribution is 2.35. The second-order valence-electron chi connectivity index (χ2n) is 11.4. The van der Waals surface area contributed by atoms with Crippen LogP contribution in [0.5, 0.6) is 11.5 Å². The fourth-order valence-corrected chi connectivity index (χ4v) is 7.26. The first kappa shape index (κ1) is 30.4. The number of carbonyl (C=O) groups is 2. The second-order valence-corrected chi connectivity index (χ2v) is 12.5. The van der Waals surface area contributed by atoms with Gasteiger partial charge >= 0.3 is 0 Å². The van der Waals surface area contributed by atoms with Gasteiger partial charge in [-0.25, -0.2) is 4.68 Å². The van der Waals surface area contributed by atoms with Crippen molar-refractivity contribution in [3.8, 4) is 17.2 Å². The fourth-order valence-electron chi connectivity index (χ4n) is 6.12. The maximum atomic E-state index is 14.8. The highest BCUT2D eigenvalue weighted by Gasteiger charge is 2.35. The first-order valence-electron chi connectivity index (χ1n) is 15.4. The van der Waals surface area contributed by atoms with Crippen LogP contribution in [0.3, 0.4) is 0 Å². The molecule has 0 radical (unpaired) electrons. The van der Waals surface area contributed by atoms with Crippen molar-refractivity contribution in [3.63, 3.8) is 0 Å². The summed E-state index contributed by atoms with van der Waals surface area (Å²) >= 11 is 1.39. The summed E-state index contributed by atoms with van der Waals surface area (Å²) < 4.78 is 13.0. The Morgan fingerprint density at radius 1 is 0.956 bits per heavy atom. The predicted molar refractivity (Wildman–Crippen MR) is 177 cm³/mol. The maximum absolute atomic E-state index is 14.8. The van der Waals surface area contributed by atoms with Crippen molar-refractivity contribution in [1.29, 1.82) is 0 Å². The Morgan fingerprint density at radius 2 is 1.67 bits per heavy atom. The molecule has 1 fully saturated rings. The second kappa shape index (κ2) is 13.6. The minimum absolute atomic E-state index is 0.0824. The maximum Gasteiger partial charge on any atom is 0.265 e. The van der Waals surface area contributed by atoms with Crippen molar-refractivity contribution in [1.82, 2.24) is 20.0 Å². The van der Waals surface area contributed by atoms with Crippen LogP contribution in [0.15, 0.2) is 84.9 Å². The number of benzene rings is 3. The van der Waals surface area contributed by atoms with Crippen LogP contribution in [0.4, 0.5) is 0 Å². The smallest absolute Gasteiger partial charge is 0.265 e. The number of ether oxygens (including phenoxy) is 2. The van der Waals surface area contributed by atoms with E-state index in [4.69, 9.17) is 14.6 Å². The van der Waals surface area contributed by atoms with Crippen LogP contribution < -0.4 is 14.8 Å². The van der Waals surface area contributed by atoms with Crippen molar-refractivity contribution in [2.75, 3.05) is 14.2 Å². The van der Waals surface area contributed by atoms with E-state index in [0.717, 1.165) is 52.8 Å². The van der Waals surface area contributed by atoms with E-state index in [1.807, 2.05) is 96.5 Å². The van der Waals surface area contributed by atoms with Gasteiger partial charge in [-0.1, -0.05) is 67.8 Å². The highest BCUT2D eigenvalue weighted by molar-refractivity contribution is 7.20. The Morgan fingerprint density at radius 3 is 2.38 bits per heavy atom. The molecule has 5 aromatic rings. The number of nitrogens with one attached hydrogen (secondary N) is 1. The van der Waals surface area contributed by atoms with Gasteiger partial charge in [-0.15, -0.1) is 11.3 Å². The molecule has 1 aliphatic carbocycles. The van der Waals surface area contributed by atoms with E-state index < -0.39 is 6.04 Å². The van der Waals surface area contributed by atoms with E-state index in [1.165, 1.54) is 17.8 Å². The fraction of sp³-hybridized carbons (Fsp3) is 0.306. The largest absolute Gasteiger partial charge is 0.497 e. The Labute approximate surface area is 267 Å². The van der Waals surface area contributed by atoms with Gasteiger partial charge in [0.15, 0.2) is 0 Å². The zero-order valence-electron chi connectivity index (χ0n) is 25.9. The molecular formula is C36H38N4O4S. The minimum atomic E-state index is -0.882. The number of nitrogens with zero attached hydrogens (tertiary/aromatic N) is 3. The molecule has 232 valence electrons. The molecule has 1 saturated carbocycles. The number of hydrogen-bond donors (Lipinski definition) is 1. The number of aromatic nitrogens is 2. The monoisotopic (exact) mass is 622 g/mol. The molecule has 2 amide bonds. The van der Waals surface area contributed by atoms with Crippen LogP contribution in [0.2, 0.25) is 0 Å². The summed E-state index contributed by atoms with van der Waals surface area (Å²) in [6.07, 6.45) is 5.22. The van der Waals surface area contributed by atoms with Crippen molar-refractivity contribution < 1.29 is 19.1 Å². The zero-order valence-corrected chi connectivity index (χ0v) is 26.7. The van der Waals surface area contributed by atoms with E-state index in [1.54, 1.807) is 19.1 Å². The van der Waals surface area contributed by atoms with E-state index >= 15 is 0 Å². The zero-order chi connectivity index (χ0) is 31.3. The number of fused-ring (bicyclic) bond motifs is 1. The van der Waals surface area contributed by atoms with Gasteiger partial charge in [0, 0.05) is 17.0 Å². The third kappa shape index (κ3) is 6.44. The van der Waals surface area contributed by atoms with Crippen LogP contribution in [0.25, 0.3) is 15.9 Å². The normalized spacial score (nSPS) is 14.2. The topological polar surface area (TPSA) is 85.7 Å². The lowest BCUT2D eigenvalue weighted by Crippen LogP contribution is -2.46. The number of para-hydroxylation sites is 2. The van der Waals surface area contributed by atoms with Gasteiger partial charge in [-0.3, -0.25) is 9.59 Å². The summed E-state index contributed by atoms with van der Waals surface area (Å²) in [5.74, 6) is 0.908. The Kier molecular flexibility index (Phi) is 9.16. The number of carbonyl (C=O) groups excluding carboxylic acids is 2. The predicted octanol–water partition coefficient (Wildman–Crippen LogP) is 7.25. The molecule has 1 atom stereocenters. The van der Waals surface area contributed by atoms with Gasteiger partial charge in [-0.05, 0) is 61.7 Å². The Balaban J connectivity index is 1.45. The van der Waals surface area contributed by atoms with E-state index in [-0.39, 0.29) is 24.4 Å². The highest BCUT2D eigenvalue weighted by atomic mass is 32.1. The first-order valence-corrected chi connectivity index (χ1v) is 16.2. The van der Waals surface area contributed by atoms with Crippen molar-refractivity contribution >= 4 is 33.4 Å². The molecule has 2 aromatic heterocycles. The third-order valence-corrected chi connectivity index (χ3v) is 9.59. The van der Waals surface area contributed by atoms with Crippen molar-refractivity contribution in [3.05, 3.63) is 107 Å². The average Bonchev–Trinajstić information content (AvgIpc) is 3.66. The number of aryl methyl sites for hydroxylation is 1. The SMILES string of the molecule is COc1ccc([C@@H](C(=O)NC2CCCCC2)N(Cc2ccccc2OC)C(=O)c2cc3c(C)nn(-c4ccccc4)c3s2)cc1. The van der Waals surface area contributed by atoms with Gasteiger partial charge in [0.2, 0.25) is 5.91 Å². The lowest BCUT2D eigenvalue weighted by molar-refractivity contribution is -0.127. The molecule has 0 spiro atoms. The molecule has 6 rings (SSSR count). The standard InChI is InChI=1S/C36H38N4O4S/c1-24-30-22-32(45-36(30)40(38-24)28-15-8-5-9-16-28)35(42)39(23-26-12-10-11-17-31(26)44-3)33(25-18-20-29(43-2)21-19-25)34(41)37-27-13-6-4-7-14-27/h5,8-12,15-22,27,33H,4,6-7,13-14,23H2,1-3H3,(H,37,41)/t33-/m0/s1. The number of hydrogen-bond acceptors (Lipinski definition) is 6. The molecule has 1 N–H and O–H groups in total. The van der Waals surface area contributed by atoms with Crippen LogP contribution >= 0.6 is 11.3 Å². The van der Waals surface area contributed by atoms with Gasteiger partial charge in [0.05, 0.1) is 37.0 Å². The Hall–Kier alpha value is -4.63. The summed E-state index contributed by atoms with van der Waals surface area (Å²) in [4.78, 5) is 32.2. The molecule has 1 aliphatic rings. The van der Waals surface area contributed by atoms with Crippen molar-refractivity contribution in [2.45, 2.75) is 57.7 Å². The van der Waals surface area contributed by atoms with Crippen LogP contribution in [0, 0.1) is 6.92 Å². The summed E-state index contributed by atoms with van der Waals surface area (Å²) in [6, 6.07) is 26.0. The molecule has 0 saturated heterocycles. The molecule has 9 heteroatoms. The van der Waals surface area contributed by atoms with Crippen LogP contribution in [0.1, 0.15) is 64.6 Å². The van der Waals surface area contributed by atoms with Gasteiger partial charge in [0.25, 0.3) is 5.91 Å². The minimum Gasteiger partial charge on any atom is -0.497 e. The lowest BCUT2D eigenvalue weighted by Gasteiger charge is -2.33.